The van der Waals surface area contributed by atoms with Gasteiger partial charge >= 0.3 is 0 Å². The van der Waals surface area contributed by atoms with E-state index in [0.717, 1.165) is 17.7 Å². The van der Waals surface area contributed by atoms with E-state index in [1.807, 2.05) is 32.3 Å². The third-order valence-corrected chi connectivity index (χ3v) is 3.78. The SMILES string of the molecule is CCC(Nc1ccc(N(C)C)cc1C)c1ccccc1O. The van der Waals surface area contributed by atoms with Crippen LogP contribution >= 0.6 is 0 Å². The summed E-state index contributed by atoms with van der Waals surface area (Å²) in [6, 6.07) is 14.0. The highest BCUT2D eigenvalue weighted by atomic mass is 16.3. The zero-order valence-corrected chi connectivity index (χ0v) is 13.2. The largest absolute Gasteiger partial charge is 0.508 e. The van der Waals surface area contributed by atoms with E-state index in [9.17, 15) is 5.11 Å². The summed E-state index contributed by atoms with van der Waals surface area (Å²) in [4.78, 5) is 2.09. The van der Waals surface area contributed by atoms with E-state index in [2.05, 4.69) is 42.3 Å². The van der Waals surface area contributed by atoms with Crippen molar-refractivity contribution >= 4 is 11.4 Å². The van der Waals surface area contributed by atoms with Crippen LogP contribution in [0.5, 0.6) is 5.75 Å². The van der Waals surface area contributed by atoms with Gasteiger partial charge in [-0.25, -0.2) is 0 Å². The number of aryl methyl sites for hydroxylation is 1. The van der Waals surface area contributed by atoms with Crippen molar-refractivity contribution in [1.29, 1.82) is 0 Å². The number of benzene rings is 2. The van der Waals surface area contributed by atoms with Crippen LogP contribution in [0.15, 0.2) is 42.5 Å². The zero-order valence-electron chi connectivity index (χ0n) is 13.2. The van der Waals surface area contributed by atoms with Crippen molar-refractivity contribution in [2.45, 2.75) is 26.3 Å². The fraction of sp³-hybridized carbons (Fsp3) is 0.333. The quantitative estimate of drug-likeness (QED) is 0.858. The van der Waals surface area contributed by atoms with Gasteiger partial charge < -0.3 is 15.3 Å². The minimum absolute atomic E-state index is 0.107. The molecule has 3 nitrogen and oxygen atoms in total. The Hall–Kier alpha value is -2.16. The van der Waals surface area contributed by atoms with E-state index in [1.165, 1.54) is 11.3 Å². The van der Waals surface area contributed by atoms with Crippen LogP contribution in [-0.2, 0) is 0 Å². The van der Waals surface area contributed by atoms with Gasteiger partial charge in [-0.15, -0.1) is 0 Å². The second kappa shape index (κ2) is 6.53. The van der Waals surface area contributed by atoms with E-state index in [-0.39, 0.29) is 6.04 Å². The lowest BCUT2D eigenvalue weighted by molar-refractivity contribution is 0.462. The summed E-state index contributed by atoms with van der Waals surface area (Å²) in [5, 5.41) is 13.6. The molecule has 0 aliphatic heterocycles. The number of aromatic hydroxyl groups is 1. The van der Waals surface area contributed by atoms with Gasteiger partial charge in [0.25, 0.3) is 0 Å². The van der Waals surface area contributed by atoms with Crippen LogP contribution in [0.1, 0.15) is 30.5 Å². The van der Waals surface area contributed by atoms with Crippen LogP contribution < -0.4 is 10.2 Å². The molecule has 0 bridgehead atoms. The predicted octanol–water partition coefficient (Wildman–Crippen LogP) is 4.33. The highest BCUT2D eigenvalue weighted by molar-refractivity contribution is 5.60. The summed E-state index contributed by atoms with van der Waals surface area (Å²) in [5.41, 5.74) is 4.44. The molecule has 0 radical (unpaired) electrons. The predicted molar refractivity (Wildman–Crippen MR) is 90.3 cm³/mol. The Morgan fingerprint density at radius 3 is 2.43 bits per heavy atom. The number of anilines is 2. The molecule has 112 valence electrons. The second-order valence-corrected chi connectivity index (χ2v) is 5.56. The normalized spacial score (nSPS) is 12.0. The summed E-state index contributed by atoms with van der Waals surface area (Å²) < 4.78 is 0. The topological polar surface area (TPSA) is 35.5 Å². The van der Waals surface area contributed by atoms with Crippen molar-refractivity contribution in [1.82, 2.24) is 0 Å². The van der Waals surface area contributed by atoms with Gasteiger partial charge in [0.1, 0.15) is 5.75 Å². The third kappa shape index (κ3) is 3.48. The molecule has 3 heteroatoms. The number of para-hydroxylation sites is 1. The average molecular weight is 284 g/mol. The fourth-order valence-electron chi connectivity index (χ4n) is 2.46. The van der Waals surface area contributed by atoms with Crippen molar-refractivity contribution in [2.24, 2.45) is 0 Å². The van der Waals surface area contributed by atoms with Gasteiger partial charge in [-0.3, -0.25) is 0 Å². The maximum Gasteiger partial charge on any atom is 0.120 e. The van der Waals surface area contributed by atoms with Gasteiger partial charge in [0.15, 0.2) is 0 Å². The number of nitrogens with one attached hydrogen (secondary N) is 1. The van der Waals surface area contributed by atoms with Gasteiger partial charge in [0.05, 0.1) is 6.04 Å². The van der Waals surface area contributed by atoms with Crippen LogP contribution in [-0.4, -0.2) is 19.2 Å². The molecule has 0 saturated carbocycles. The van der Waals surface area contributed by atoms with E-state index in [1.54, 1.807) is 6.07 Å². The molecular weight excluding hydrogens is 260 g/mol. The lowest BCUT2D eigenvalue weighted by atomic mass is 10.0. The van der Waals surface area contributed by atoms with E-state index in [0.29, 0.717) is 5.75 Å². The van der Waals surface area contributed by atoms with Gasteiger partial charge in [-0.1, -0.05) is 25.1 Å². The Morgan fingerprint density at radius 1 is 1.14 bits per heavy atom. The van der Waals surface area contributed by atoms with Gasteiger partial charge in [-0.2, -0.15) is 0 Å². The fourth-order valence-corrected chi connectivity index (χ4v) is 2.46. The number of phenols is 1. The van der Waals surface area contributed by atoms with Crippen molar-refractivity contribution in [2.75, 3.05) is 24.3 Å². The first-order valence-corrected chi connectivity index (χ1v) is 7.35. The Kier molecular flexibility index (Phi) is 4.73. The Morgan fingerprint density at radius 2 is 1.86 bits per heavy atom. The molecule has 0 aliphatic rings. The molecule has 0 amide bonds. The molecule has 2 aromatic rings. The first kappa shape index (κ1) is 15.2. The molecule has 21 heavy (non-hydrogen) atoms. The number of nitrogens with zero attached hydrogens (tertiary/aromatic N) is 1. The summed E-state index contributed by atoms with van der Waals surface area (Å²) in [5.74, 6) is 0.347. The maximum atomic E-state index is 10.0. The molecular formula is C18H24N2O. The molecule has 2 rings (SSSR count). The zero-order chi connectivity index (χ0) is 15.4. The second-order valence-electron chi connectivity index (χ2n) is 5.56. The summed E-state index contributed by atoms with van der Waals surface area (Å²) in [6.45, 7) is 4.22. The average Bonchev–Trinajstić information content (AvgIpc) is 2.47. The standard InChI is InChI=1S/C18H24N2O/c1-5-16(15-8-6-7-9-18(15)21)19-17-11-10-14(20(3)4)12-13(17)2/h6-12,16,19,21H,5H2,1-4H3. The Labute approximate surface area is 127 Å². The molecule has 0 fully saturated rings. The number of hydrogen-bond acceptors (Lipinski definition) is 3. The lowest BCUT2D eigenvalue weighted by Gasteiger charge is -2.22. The number of hydrogen-bond donors (Lipinski definition) is 2. The first-order chi connectivity index (χ1) is 10.0. The first-order valence-electron chi connectivity index (χ1n) is 7.35. The van der Waals surface area contributed by atoms with Crippen molar-refractivity contribution in [3.63, 3.8) is 0 Å². The highest BCUT2D eigenvalue weighted by Gasteiger charge is 2.14. The Balaban J connectivity index is 2.25. The Bertz CT molecular complexity index is 608. The smallest absolute Gasteiger partial charge is 0.120 e. The molecule has 0 aromatic heterocycles. The minimum atomic E-state index is 0.107. The molecule has 0 aliphatic carbocycles. The molecule has 2 aromatic carbocycles. The lowest BCUT2D eigenvalue weighted by Crippen LogP contribution is -2.12. The maximum absolute atomic E-state index is 10.0. The van der Waals surface area contributed by atoms with Gasteiger partial charge in [-0.05, 0) is 43.2 Å². The molecule has 2 N–H and O–H groups in total. The van der Waals surface area contributed by atoms with E-state index < -0.39 is 0 Å². The van der Waals surface area contributed by atoms with Crippen LogP contribution in [0.4, 0.5) is 11.4 Å². The minimum Gasteiger partial charge on any atom is -0.508 e. The van der Waals surface area contributed by atoms with E-state index in [4.69, 9.17) is 0 Å². The summed E-state index contributed by atoms with van der Waals surface area (Å²) in [6.07, 6.45) is 0.909. The van der Waals surface area contributed by atoms with E-state index >= 15 is 0 Å². The highest BCUT2D eigenvalue weighted by Crippen LogP contribution is 2.31. The van der Waals surface area contributed by atoms with Gasteiger partial charge in [0.2, 0.25) is 0 Å². The van der Waals surface area contributed by atoms with Crippen LogP contribution in [0.2, 0.25) is 0 Å². The third-order valence-electron chi connectivity index (χ3n) is 3.78. The summed E-state index contributed by atoms with van der Waals surface area (Å²) in [7, 11) is 4.08. The molecule has 0 spiro atoms. The number of phenolic OH excluding ortho intramolecular Hbond substituents is 1. The van der Waals surface area contributed by atoms with Crippen molar-refractivity contribution in [3.05, 3.63) is 53.6 Å². The summed E-state index contributed by atoms with van der Waals surface area (Å²) >= 11 is 0. The van der Waals surface area contributed by atoms with Gasteiger partial charge in [0, 0.05) is 31.0 Å². The van der Waals surface area contributed by atoms with Crippen LogP contribution in [0.3, 0.4) is 0 Å². The van der Waals surface area contributed by atoms with Crippen LogP contribution in [0, 0.1) is 6.92 Å². The molecule has 1 unspecified atom stereocenters. The molecule has 0 saturated heterocycles. The van der Waals surface area contributed by atoms with Crippen molar-refractivity contribution in [3.8, 4) is 5.75 Å². The number of rotatable bonds is 5. The van der Waals surface area contributed by atoms with Crippen molar-refractivity contribution < 1.29 is 5.11 Å². The van der Waals surface area contributed by atoms with Crippen LogP contribution in [0.25, 0.3) is 0 Å². The molecule has 0 heterocycles. The molecule has 1 atom stereocenters. The monoisotopic (exact) mass is 284 g/mol.